The van der Waals surface area contributed by atoms with Crippen LogP contribution in [-0.2, 0) is 0 Å². The molecule has 0 amide bonds. The van der Waals surface area contributed by atoms with Gasteiger partial charge >= 0.3 is 0 Å². The van der Waals surface area contributed by atoms with Gasteiger partial charge in [-0.15, -0.1) is 12.6 Å². The van der Waals surface area contributed by atoms with E-state index in [1.54, 1.807) is 0 Å². The first-order valence-corrected chi connectivity index (χ1v) is 3.72. The lowest BCUT2D eigenvalue weighted by Gasteiger charge is -1.96. The molecule has 1 heteroatoms. The second-order valence-electron chi connectivity index (χ2n) is 2.34. The van der Waals surface area contributed by atoms with Crippen LogP contribution in [0.15, 0.2) is 34.8 Å². The predicted molar refractivity (Wildman–Crippen MR) is 51.3 cm³/mol. The maximum absolute atomic E-state index is 4.24. The van der Waals surface area contributed by atoms with Crippen molar-refractivity contribution in [1.82, 2.24) is 0 Å². The first-order chi connectivity index (χ1) is 4.57. The van der Waals surface area contributed by atoms with Crippen LogP contribution >= 0.6 is 12.6 Å². The quantitative estimate of drug-likeness (QED) is 0.457. The molecule has 0 fully saturated rings. The summed E-state index contributed by atoms with van der Waals surface area (Å²) in [7, 11) is 0. The molecule has 10 heavy (non-hydrogen) atoms. The number of hydrogen-bond donors (Lipinski definition) is 1. The van der Waals surface area contributed by atoms with Gasteiger partial charge in [-0.3, -0.25) is 0 Å². The van der Waals surface area contributed by atoms with Crippen LogP contribution in [0.1, 0.15) is 20.8 Å². The minimum atomic E-state index is 0.954. The molecule has 0 heterocycles. The van der Waals surface area contributed by atoms with E-state index < -0.39 is 0 Å². The largest absolute Gasteiger partial charge is 0.143 e. The standard InChI is InChI=1S/C9H14S/c1-5-8(4)6-9(10)7(2)3/h5-6,10H,2H2,1,3-4H3/b8-5-,9-6+. The molecule has 0 aromatic carbocycles. The second-order valence-corrected chi connectivity index (χ2v) is 2.82. The summed E-state index contributed by atoms with van der Waals surface area (Å²) < 4.78 is 0. The van der Waals surface area contributed by atoms with Gasteiger partial charge in [-0.1, -0.05) is 18.2 Å². The Morgan fingerprint density at radius 3 is 2.20 bits per heavy atom. The molecular formula is C9H14S. The summed E-state index contributed by atoms with van der Waals surface area (Å²) in [4.78, 5) is 0.954. The van der Waals surface area contributed by atoms with Crippen molar-refractivity contribution in [2.75, 3.05) is 0 Å². The van der Waals surface area contributed by atoms with Gasteiger partial charge in [0.15, 0.2) is 0 Å². The molecule has 0 nitrogen and oxygen atoms in total. The Balaban J connectivity index is 4.31. The van der Waals surface area contributed by atoms with E-state index in [4.69, 9.17) is 0 Å². The molecule has 0 aromatic heterocycles. The highest BCUT2D eigenvalue weighted by Crippen LogP contribution is 2.13. The van der Waals surface area contributed by atoms with Crippen molar-refractivity contribution < 1.29 is 0 Å². The highest BCUT2D eigenvalue weighted by atomic mass is 32.1. The molecule has 0 N–H and O–H groups in total. The Kier molecular flexibility index (Phi) is 4.21. The zero-order valence-electron chi connectivity index (χ0n) is 6.81. The molecule has 0 rings (SSSR count). The van der Waals surface area contributed by atoms with Gasteiger partial charge in [0, 0.05) is 4.91 Å². The van der Waals surface area contributed by atoms with Crippen LogP contribution in [0.25, 0.3) is 0 Å². The van der Waals surface area contributed by atoms with E-state index in [0.717, 1.165) is 10.5 Å². The number of allylic oxidation sites excluding steroid dienone is 4. The van der Waals surface area contributed by atoms with Gasteiger partial charge in [-0.25, -0.2) is 0 Å². The van der Waals surface area contributed by atoms with E-state index in [1.165, 1.54) is 5.57 Å². The van der Waals surface area contributed by atoms with Crippen LogP contribution in [0.4, 0.5) is 0 Å². The van der Waals surface area contributed by atoms with Crippen molar-refractivity contribution >= 4 is 12.6 Å². The van der Waals surface area contributed by atoms with E-state index >= 15 is 0 Å². The van der Waals surface area contributed by atoms with E-state index in [1.807, 2.05) is 32.9 Å². The monoisotopic (exact) mass is 154 g/mol. The fourth-order valence-electron chi connectivity index (χ4n) is 0.422. The maximum Gasteiger partial charge on any atom is 0.00658 e. The molecular weight excluding hydrogens is 140 g/mol. The summed E-state index contributed by atoms with van der Waals surface area (Å²) >= 11 is 4.24. The Bertz CT molecular complexity index is 185. The third-order valence-electron chi connectivity index (χ3n) is 1.26. The highest BCUT2D eigenvalue weighted by molar-refractivity contribution is 7.84. The molecule has 0 aromatic rings. The Hall–Kier alpha value is -0.430. The van der Waals surface area contributed by atoms with Crippen molar-refractivity contribution in [1.29, 1.82) is 0 Å². The summed E-state index contributed by atoms with van der Waals surface area (Å²) in [5.41, 5.74) is 2.22. The van der Waals surface area contributed by atoms with E-state index in [-0.39, 0.29) is 0 Å². The van der Waals surface area contributed by atoms with E-state index in [2.05, 4.69) is 19.2 Å². The van der Waals surface area contributed by atoms with Crippen LogP contribution in [0.2, 0.25) is 0 Å². The summed E-state index contributed by atoms with van der Waals surface area (Å²) in [6, 6.07) is 0. The number of hydrogen-bond acceptors (Lipinski definition) is 1. The zero-order chi connectivity index (χ0) is 8.15. The Morgan fingerprint density at radius 1 is 1.40 bits per heavy atom. The summed E-state index contributed by atoms with van der Waals surface area (Å²) in [6.45, 7) is 9.76. The van der Waals surface area contributed by atoms with Crippen LogP contribution in [0.5, 0.6) is 0 Å². The maximum atomic E-state index is 4.24. The highest BCUT2D eigenvalue weighted by Gasteiger charge is 1.88. The molecule has 0 aliphatic carbocycles. The molecule has 0 spiro atoms. The first-order valence-electron chi connectivity index (χ1n) is 3.27. The van der Waals surface area contributed by atoms with Crippen LogP contribution < -0.4 is 0 Å². The summed E-state index contributed by atoms with van der Waals surface area (Å²) in [5.74, 6) is 0. The summed E-state index contributed by atoms with van der Waals surface area (Å²) in [6.07, 6.45) is 4.05. The van der Waals surface area contributed by atoms with Gasteiger partial charge in [-0.05, 0) is 32.4 Å². The molecule has 0 bridgehead atoms. The van der Waals surface area contributed by atoms with Gasteiger partial charge in [-0.2, -0.15) is 0 Å². The van der Waals surface area contributed by atoms with E-state index in [9.17, 15) is 0 Å². The number of thiol groups is 1. The van der Waals surface area contributed by atoms with Crippen LogP contribution in [0, 0.1) is 0 Å². The van der Waals surface area contributed by atoms with Crippen molar-refractivity contribution in [3.63, 3.8) is 0 Å². The fraction of sp³-hybridized carbons (Fsp3) is 0.333. The molecule has 0 atom stereocenters. The molecule has 0 aliphatic heterocycles. The molecule has 56 valence electrons. The van der Waals surface area contributed by atoms with E-state index in [0.29, 0.717) is 0 Å². The average Bonchev–Trinajstić information content (AvgIpc) is 1.87. The number of rotatable bonds is 2. The SMILES string of the molecule is C=C(C)/C(S)=C\C(C)=C/C. The molecule has 0 saturated heterocycles. The van der Waals surface area contributed by atoms with Gasteiger partial charge < -0.3 is 0 Å². The fourth-order valence-corrected chi connectivity index (χ4v) is 0.626. The Morgan fingerprint density at radius 2 is 1.90 bits per heavy atom. The molecule has 0 unspecified atom stereocenters. The van der Waals surface area contributed by atoms with Gasteiger partial charge in [0.1, 0.15) is 0 Å². The topological polar surface area (TPSA) is 0 Å². The summed E-state index contributed by atoms with van der Waals surface area (Å²) in [5, 5.41) is 0. The normalized spacial score (nSPS) is 13.6. The van der Waals surface area contributed by atoms with Crippen LogP contribution in [-0.4, -0.2) is 0 Å². The Labute approximate surface area is 68.7 Å². The van der Waals surface area contributed by atoms with Gasteiger partial charge in [0.25, 0.3) is 0 Å². The minimum absolute atomic E-state index is 0.954. The molecule has 0 aliphatic rings. The lowest BCUT2D eigenvalue weighted by molar-refractivity contribution is 1.44. The second kappa shape index (κ2) is 4.40. The predicted octanol–water partition coefficient (Wildman–Crippen LogP) is 3.34. The van der Waals surface area contributed by atoms with Crippen molar-refractivity contribution in [2.45, 2.75) is 20.8 Å². The average molecular weight is 154 g/mol. The lowest BCUT2D eigenvalue weighted by atomic mass is 10.2. The van der Waals surface area contributed by atoms with Crippen molar-refractivity contribution in [3.8, 4) is 0 Å². The smallest absolute Gasteiger partial charge is 0.00658 e. The third kappa shape index (κ3) is 3.57. The lowest BCUT2D eigenvalue weighted by Crippen LogP contribution is -1.74. The third-order valence-corrected chi connectivity index (χ3v) is 1.77. The van der Waals surface area contributed by atoms with Crippen LogP contribution in [0.3, 0.4) is 0 Å². The zero-order valence-corrected chi connectivity index (χ0v) is 7.70. The van der Waals surface area contributed by atoms with Crippen molar-refractivity contribution in [2.24, 2.45) is 0 Å². The molecule has 0 radical (unpaired) electrons. The molecule has 0 saturated carbocycles. The first kappa shape index (κ1) is 9.57. The van der Waals surface area contributed by atoms with Crippen molar-refractivity contribution in [3.05, 3.63) is 34.8 Å². The van der Waals surface area contributed by atoms with Gasteiger partial charge in [0.05, 0.1) is 0 Å². The van der Waals surface area contributed by atoms with Gasteiger partial charge in [0.2, 0.25) is 0 Å². The minimum Gasteiger partial charge on any atom is -0.143 e.